The number of likely N-dealkylation sites (N-methyl/N-ethyl adjacent to an activating group) is 1. The van der Waals surface area contributed by atoms with Crippen molar-refractivity contribution in [1.29, 1.82) is 0 Å². The normalized spacial score (nSPS) is 15.8. The van der Waals surface area contributed by atoms with E-state index in [2.05, 4.69) is 5.32 Å². The van der Waals surface area contributed by atoms with E-state index >= 15 is 0 Å². The Hall–Kier alpha value is -1.34. The van der Waals surface area contributed by atoms with Gasteiger partial charge in [0.25, 0.3) is 0 Å². The summed E-state index contributed by atoms with van der Waals surface area (Å²) in [4.78, 5) is 23.6. The Labute approximate surface area is 100 Å². The molecule has 0 aromatic rings. The van der Waals surface area contributed by atoms with Gasteiger partial charge in [-0.05, 0) is 13.8 Å². The number of carboxylic acids is 1. The molecule has 0 fully saturated rings. The van der Waals surface area contributed by atoms with Gasteiger partial charge in [-0.2, -0.15) is 0 Å². The Bertz CT molecular complexity index is 280. The second-order valence-corrected chi connectivity index (χ2v) is 4.15. The fraction of sp³-hybridized carbons (Fsp3) is 0.800. The molecule has 17 heavy (non-hydrogen) atoms. The first-order valence-corrected chi connectivity index (χ1v) is 5.17. The molecule has 0 rings (SSSR count). The van der Waals surface area contributed by atoms with Crippen LogP contribution in [0.1, 0.15) is 13.8 Å². The summed E-state index contributed by atoms with van der Waals surface area (Å²) in [5.41, 5.74) is -1.97. The number of urea groups is 1. The zero-order valence-electron chi connectivity index (χ0n) is 10.6. The van der Waals surface area contributed by atoms with E-state index in [1.165, 1.54) is 12.0 Å². The molecule has 0 aliphatic heterocycles. The van der Waals surface area contributed by atoms with Crippen LogP contribution in [0.25, 0.3) is 0 Å². The Balaban J connectivity index is 4.23. The van der Waals surface area contributed by atoms with Gasteiger partial charge in [0.2, 0.25) is 0 Å². The van der Waals surface area contributed by atoms with Crippen LogP contribution >= 0.6 is 0 Å². The maximum atomic E-state index is 11.6. The van der Waals surface area contributed by atoms with E-state index in [0.29, 0.717) is 6.61 Å². The predicted molar refractivity (Wildman–Crippen MR) is 60.8 cm³/mol. The van der Waals surface area contributed by atoms with E-state index in [4.69, 9.17) is 9.84 Å². The topological polar surface area (TPSA) is 99.1 Å². The van der Waals surface area contributed by atoms with Gasteiger partial charge in [0.15, 0.2) is 5.60 Å². The van der Waals surface area contributed by atoms with Crippen LogP contribution in [0.3, 0.4) is 0 Å². The fourth-order valence-corrected chi connectivity index (χ4v) is 1.00. The minimum absolute atomic E-state index is 0.144. The predicted octanol–water partition coefficient (Wildman–Crippen LogP) is -0.502. The largest absolute Gasteiger partial charge is 0.479 e. The maximum absolute atomic E-state index is 11.6. The van der Waals surface area contributed by atoms with Gasteiger partial charge in [0.05, 0.1) is 19.2 Å². The minimum Gasteiger partial charge on any atom is -0.479 e. The first-order chi connectivity index (χ1) is 7.72. The summed E-state index contributed by atoms with van der Waals surface area (Å²) in [5, 5.41) is 20.4. The van der Waals surface area contributed by atoms with E-state index in [0.717, 1.165) is 6.92 Å². The number of carboxylic acid groups (broad SMARTS) is 1. The number of aliphatic hydroxyl groups is 1. The fourth-order valence-electron chi connectivity index (χ4n) is 1.00. The van der Waals surface area contributed by atoms with E-state index in [1.54, 1.807) is 14.0 Å². The molecule has 2 atom stereocenters. The molecule has 3 N–H and O–H groups in total. The van der Waals surface area contributed by atoms with Gasteiger partial charge in [-0.15, -0.1) is 0 Å². The Morgan fingerprint density at radius 2 is 2.06 bits per heavy atom. The van der Waals surface area contributed by atoms with Crippen molar-refractivity contribution in [2.75, 3.05) is 27.3 Å². The molecule has 0 aliphatic rings. The van der Waals surface area contributed by atoms with Gasteiger partial charge in [0.1, 0.15) is 0 Å². The summed E-state index contributed by atoms with van der Waals surface area (Å²) in [6.07, 6.45) is 0. The highest BCUT2D eigenvalue weighted by atomic mass is 16.5. The lowest BCUT2D eigenvalue weighted by molar-refractivity contribution is -0.155. The number of ether oxygens (including phenoxy) is 1. The van der Waals surface area contributed by atoms with Gasteiger partial charge in [-0.1, -0.05) is 0 Å². The van der Waals surface area contributed by atoms with Gasteiger partial charge in [-0.25, -0.2) is 9.59 Å². The number of methoxy groups -OCH3 is 1. The molecule has 100 valence electrons. The number of rotatable bonds is 6. The average Bonchev–Trinajstić information content (AvgIpc) is 2.25. The molecule has 0 aromatic carbocycles. The molecule has 0 bridgehead atoms. The summed E-state index contributed by atoms with van der Waals surface area (Å²) in [6, 6.07) is -0.606. The third-order valence-corrected chi connectivity index (χ3v) is 2.43. The smallest absolute Gasteiger partial charge is 0.337 e. The molecular weight excluding hydrogens is 228 g/mol. The molecule has 0 radical (unpaired) electrons. The van der Waals surface area contributed by atoms with Crippen LogP contribution in [0.5, 0.6) is 0 Å². The third-order valence-electron chi connectivity index (χ3n) is 2.43. The SMILES string of the molecule is COCC(C)N(C)C(=O)NCC(C)(O)C(=O)O. The Morgan fingerprint density at radius 3 is 2.47 bits per heavy atom. The summed E-state index contributed by atoms with van der Waals surface area (Å²) in [5.74, 6) is -1.38. The minimum atomic E-state index is -1.97. The molecule has 2 amide bonds. The van der Waals surface area contributed by atoms with E-state index in [9.17, 15) is 14.7 Å². The first-order valence-electron chi connectivity index (χ1n) is 5.17. The number of amides is 2. The van der Waals surface area contributed by atoms with Crippen LogP contribution in [0.2, 0.25) is 0 Å². The number of hydrogen-bond donors (Lipinski definition) is 3. The lowest BCUT2D eigenvalue weighted by Crippen LogP contribution is -2.51. The van der Waals surface area contributed by atoms with Crippen LogP contribution in [-0.2, 0) is 9.53 Å². The molecular formula is C10H20N2O5. The number of hydrogen-bond acceptors (Lipinski definition) is 4. The quantitative estimate of drug-likeness (QED) is 0.588. The first kappa shape index (κ1) is 15.7. The van der Waals surface area contributed by atoms with Crippen molar-refractivity contribution in [3.63, 3.8) is 0 Å². The molecule has 0 saturated heterocycles. The Kier molecular flexibility index (Phi) is 5.90. The number of carbonyl (C=O) groups is 2. The molecule has 0 aliphatic carbocycles. The van der Waals surface area contributed by atoms with Crippen molar-refractivity contribution in [2.45, 2.75) is 25.5 Å². The van der Waals surface area contributed by atoms with Crippen LogP contribution in [0, 0.1) is 0 Å². The lowest BCUT2D eigenvalue weighted by atomic mass is 10.1. The molecule has 0 heterocycles. The molecule has 2 unspecified atom stereocenters. The highest BCUT2D eigenvalue weighted by molar-refractivity contribution is 5.79. The molecule has 7 heteroatoms. The lowest BCUT2D eigenvalue weighted by Gasteiger charge is -2.26. The highest BCUT2D eigenvalue weighted by Crippen LogP contribution is 2.02. The van der Waals surface area contributed by atoms with E-state index < -0.39 is 17.6 Å². The van der Waals surface area contributed by atoms with Crippen LogP contribution in [0.4, 0.5) is 4.79 Å². The van der Waals surface area contributed by atoms with Gasteiger partial charge < -0.3 is 25.2 Å². The van der Waals surface area contributed by atoms with E-state index in [1.807, 2.05) is 0 Å². The van der Waals surface area contributed by atoms with Crippen LogP contribution < -0.4 is 5.32 Å². The second-order valence-electron chi connectivity index (χ2n) is 4.15. The number of nitrogens with zero attached hydrogens (tertiary/aromatic N) is 1. The van der Waals surface area contributed by atoms with Crippen molar-refractivity contribution in [3.05, 3.63) is 0 Å². The summed E-state index contributed by atoms with van der Waals surface area (Å²) >= 11 is 0. The zero-order chi connectivity index (χ0) is 13.6. The highest BCUT2D eigenvalue weighted by Gasteiger charge is 2.31. The van der Waals surface area contributed by atoms with Crippen molar-refractivity contribution < 1.29 is 24.5 Å². The molecule has 0 saturated carbocycles. The van der Waals surface area contributed by atoms with Gasteiger partial charge in [0, 0.05) is 14.2 Å². The number of carbonyl (C=O) groups excluding carboxylic acids is 1. The average molecular weight is 248 g/mol. The third kappa shape index (κ3) is 5.01. The van der Waals surface area contributed by atoms with Gasteiger partial charge in [-0.3, -0.25) is 0 Å². The monoisotopic (exact) mass is 248 g/mol. The van der Waals surface area contributed by atoms with Crippen molar-refractivity contribution in [2.24, 2.45) is 0 Å². The van der Waals surface area contributed by atoms with Crippen LogP contribution in [-0.4, -0.2) is 66.1 Å². The zero-order valence-corrected chi connectivity index (χ0v) is 10.6. The van der Waals surface area contributed by atoms with Gasteiger partial charge >= 0.3 is 12.0 Å². The standard InChI is InChI=1S/C10H20N2O5/c1-7(5-17-4)12(3)9(15)11-6-10(2,16)8(13)14/h7,16H,5-6H2,1-4H3,(H,11,15)(H,13,14). The number of nitrogens with one attached hydrogen (secondary N) is 1. The Morgan fingerprint density at radius 1 is 1.53 bits per heavy atom. The molecule has 7 nitrogen and oxygen atoms in total. The second kappa shape index (κ2) is 6.41. The summed E-state index contributed by atoms with van der Waals surface area (Å²) < 4.78 is 4.89. The molecule has 0 spiro atoms. The summed E-state index contributed by atoms with van der Waals surface area (Å²) in [7, 11) is 3.09. The van der Waals surface area contributed by atoms with Crippen molar-refractivity contribution in [3.8, 4) is 0 Å². The van der Waals surface area contributed by atoms with Crippen LogP contribution in [0.15, 0.2) is 0 Å². The molecule has 0 aromatic heterocycles. The number of aliphatic carboxylic acids is 1. The maximum Gasteiger partial charge on any atom is 0.337 e. The summed E-state index contributed by atoms with van der Waals surface area (Å²) in [6.45, 7) is 2.93. The van der Waals surface area contributed by atoms with E-state index in [-0.39, 0.29) is 12.6 Å². The van der Waals surface area contributed by atoms with Crippen molar-refractivity contribution >= 4 is 12.0 Å². The van der Waals surface area contributed by atoms with Crippen molar-refractivity contribution in [1.82, 2.24) is 10.2 Å².